The van der Waals surface area contributed by atoms with Crippen LogP contribution in [0.5, 0.6) is 0 Å². The first-order valence-corrected chi connectivity index (χ1v) is 8.50. The third kappa shape index (κ3) is 2.96. The molecule has 3 rings (SSSR count). The summed E-state index contributed by atoms with van der Waals surface area (Å²) in [7, 11) is -3.73. The SMILES string of the molecule is Nc1ccc(F)cc1S(=O)(=O)NCC(C1CC1)C1CC1. The zero-order valence-electron chi connectivity index (χ0n) is 11.2. The second-order valence-corrected chi connectivity index (χ2v) is 7.61. The molecular weight excluding hydrogens is 279 g/mol. The summed E-state index contributed by atoms with van der Waals surface area (Å²) in [4.78, 5) is -0.164. The number of rotatable bonds is 6. The molecule has 0 unspecified atom stereocenters. The highest BCUT2D eigenvalue weighted by Crippen LogP contribution is 2.48. The molecule has 0 aromatic heterocycles. The summed E-state index contributed by atoms with van der Waals surface area (Å²) < 4.78 is 40.3. The Bertz CT molecular complexity index is 598. The van der Waals surface area contributed by atoms with Crippen molar-refractivity contribution >= 4 is 15.7 Å². The van der Waals surface area contributed by atoms with Crippen molar-refractivity contribution in [1.29, 1.82) is 0 Å². The maximum Gasteiger partial charge on any atom is 0.242 e. The Morgan fingerprint density at radius 2 is 1.85 bits per heavy atom. The lowest BCUT2D eigenvalue weighted by molar-refractivity contribution is 0.401. The van der Waals surface area contributed by atoms with E-state index in [2.05, 4.69) is 4.72 Å². The Labute approximate surface area is 118 Å². The fourth-order valence-corrected chi connectivity index (χ4v) is 4.01. The molecule has 2 saturated carbocycles. The van der Waals surface area contributed by atoms with Gasteiger partial charge in [-0.15, -0.1) is 0 Å². The predicted molar refractivity (Wildman–Crippen MR) is 74.9 cm³/mol. The van der Waals surface area contributed by atoms with Crippen molar-refractivity contribution < 1.29 is 12.8 Å². The van der Waals surface area contributed by atoms with E-state index < -0.39 is 15.8 Å². The lowest BCUT2D eigenvalue weighted by Crippen LogP contribution is -2.31. The van der Waals surface area contributed by atoms with Crippen molar-refractivity contribution in [2.24, 2.45) is 17.8 Å². The van der Waals surface area contributed by atoms with E-state index in [-0.39, 0.29) is 10.6 Å². The van der Waals surface area contributed by atoms with Gasteiger partial charge in [-0.05, 0) is 61.6 Å². The molecule has 20 heavy (non-hydrogen) atoms. The molecule has 1 aromatic carbocycles. The van der Waals surface area contributed by atoms with E-state index in [0.29, 0.717) is 24.3 Å². The van der Waals surface area contributed by atoms with Gasteiger partial charge in [0.15, 0.2) is 0 Å². The number of sulfonamides is 1. The summed E-state index contributed by atoms with van der Waals surface area (Å²) in [5, 5.41) is 0. The average molecular weight is 298 g/mol. The molecule has 0 aliphatic heterocycles. The van der Waals surface area contributed by atoms with Crippen LogP contribution < -0.4 is 10.5 Å². The number of nitrogen functional groups attached to an aromatic ring is 1. The van der Waals surface area contributed by atoms with Crippen LogP contribution in [0.3, 0.4) is 0 Å². The van der Waals surface area contributed by atoms with Crippen LogP contribution in [0.25, 0.3) is 0 Å². The van der Waals surface area contributed by atoms with Crippen molar-refractivity contribution in [1.82, 2.24) is 4.72 Å². The van der Waals surface area contributed by atoms with Gasteiger partial charge in [-0.25, -0.2) is 17.5 Å². The third-order valence-corrected chi connectivity index (χ3v) is 5.71. The van der Waals surface area contributed by atoms with E-state index in [1.165, 1.54) is 31.7 Å². The molecule has 0 heterocycles. The van der Waals surface area contributed by atoms with Gasteiger partial charge in [-0.1, -0.05) is 0 Å². The van der Waals surface area contributed by atoms with Crippen molar-refractivity contribution in [3.8, 4) is 0 Å². The Morgan fingerprint density at radius 3 is 2.40 bits per heavy atom. The van der Waals surface area contributed by atoms with Gasteiger partial charge in [0.25, 0.3) is 0 Å². The van der Waals surface area contributed by atoms with Gasteiger partial charge in [0.05, 0.1) is 5.69 Å². The van der Waals surface area contributed by atoms with Gasteiger partial charge in [-0.3, -0.25) is 0 Å². The molecule has 6 heteroatoms. The van der Waals surface area contributed by atoms with Crippen molar-refractivity contribution in [3.05, 3.63) is 24.0 Å². The Balaban J connectivity index is 1.73. The van der Waals surface area contributed by atoms with E-state index in [1.54, 1.807) is 0 Å². The van der Waals surface area contributed by atoms with E-state index in [0.717, 1.165) is 12.1 Å². The predicted octanol–water partition coefficient (Wildman–Crippen LogP) is 2.12. The van der Waals surface area contributed by atoms with E-state index in [4.69, 9.17) is 5.73 Å². The van der Waals surface area contributed by atoms with Gasteiger partial charge < -0.3 is 5.73 Å². The maximum atomic E-state index is 13.2. The number of nitrogens with two attached hydrogens (primary N) is 1. The van der Waals surface area contributed by atoms with Crippen LogP contribution >= 0.6 is 0 Å². The summed E-state index contributed by atoms with van der Waals surface area (Å²) in [6.45, 7) is 0.438. The second-order valence-electron chi connectivity index (χ2n) is 5.87. The highest BCUT2D eigenvalue weighted by atomic mass is 32.2. The summed E-state index contributed by atoms with van der Waals surface area (Å²) in [5.74, 6) is 1.16. The van der Waals surface area contributed by atoms with E-state index in [1.807, 2.05) is 0 Å². The summed E-state index contributed by atoms with van der Waals surface area (Å²) in [6, 6.07) is 3.41. The third-order valence-electron chi connectivity index (χ3n) is 4.23. The van der Waals surface area contributed by atoms with Gasteiger partial charge in [-0.2, -0.15) is 0 Å². The Hall–Kier alpha value is -1.14. The quantitative estimate of drug-likeness (QED) is 0.790. The van der Waals surface area contributed by atoms with Crippen LogP contribution in [-0.2, 0) is 10.0 Å². The van der Waals surface area contributed by atoms with Crippen LogP contribution in [0.2, 0.25) is 0 Å². The number of hydrogen-bond acceptors (Lipinski definition) is 3. The van der Waals surface area contributed by atoms with Crippen LogP contribution in [0, 0.1) is 23.6 Å². The highest BCUT2D eigenvalue weighted by molar-refractivity contribution is 7.89. The monoisotopic (exact) mass is 298 g/mol. The molecule has 0 amide bonds. The zero-order chi connectivity index (χ0) is 14.3. The minimum Gasteiger partial charge on any atom is -0.398 e. The molecule has 0 saturated heterocycles. The smallest absolute Gasteiger partial charge is 0.242 e. The largest absolute Gasteiger partial charge is 0.398 e. The van der Waals surface area contributed by atoms with Crippen LogP contribution in [0.1, 0.15) is 25.7 Å². The van der Waals surface area contributed by atoms with Crippen molar-refractivity contribution in [3.63, 3.8) is 0 Å². The van der Waals surface area contributed by atoms with Gasteiger partial charge >= 0.3 is 0 Å². The first-order chi connectivity index (χ1) is 9.47. The number of anilines is 1. The molecule has 0 bridgehead atoms. The first-order valence-electron chi connectivity index (χ1n) is 7.02. The maximum absolute atomic E-state index is 13.2. The normalized spacial score (nSPS) is 19.5. The van der Waals surface area contributed by atoms with Crippen molar-refractivity contribution in [2.45, 2.75) is 30.6 Å². The summed E-state index contributed by atoms with van der Waals surface area (Å²) in [5.41, 5.74) is 5.72. The molecule has 4 nitrogen and oxygen atoms in total. The molecule has 1 aromatic rings. The summed E-state index contributed by atoms with van der Waals surface area (Å²) >= 11 is 0. The van der Waals surface area contributed by atoms with Crippen LogP contribution in [0.4, 0.5) is 10.1 Å². The Morgan fingerprint density at radius 1 is 1.25 bits per heavy atom. The van der Waals surface area contributed by atoms with Gasteiger partial charge in [0.2, 0.25) is 10.0 Å². The fraction of sp³-hybridized carbons (Fsp3) is 0.571. The second kappa shape index (κ2) is 5.00. The average Bonchev–Trinajstić information content (AvgIpc) is 3.25. The van der Waals surface area contributed by atoms with Crippen molar-refractivity contribution in [2.75, 3.05) is 12.3 Å². The van der Waals surface area contributed by atoms with Crippen LogP contribution in [0.15, 0.2) is 23.1 Å². The van der Waals surface area contributed by atoms with Crippen LogP contribution in [-0.4, -0.2) is 15.0 Å². The fourth-order valence-electron chi connectivity index (χ4n) is 2.79. The molecule has 3 N–H and O–H groups in total. The topological polar surface area (TPSA) is 72.2 Å². The Kier molecular flexibility index (Phi) is 3.46. The molecule has 2 aliphatic rings. The molecule has 2 fully saturated rings. The zero-order valence-corrected chi connectivity index (χ0v) is 12.0. The molecular formula is C14H19FN2O2S. The van der Waals surface area contributed by atoms with E-state index in [9.17, 15) is 12.8 Å². The first kappa shape index (κ1) is 13.8. The molecule has 0 spiro atoms. The lowest BCUT2D eigenvalue weighted by Gasteiger charge is -2.17. The summed E-state index contributed by atoms with van der Waals surface area (Å²) in [6.07, 6.45) is 4.80. The number of halogens is 1. The molecule has 0 radical (unpaired) electrons. The number of nitrogens with one attached hydrogen (secondary N) is 1. The van der Waals surface area contributed by atoms with E-state index >= 15 is 0 Å². The molecule has 2 aliphatic carbocycles. The molecule has 110 valence electrons. The molecule has 0 atom stereocenters. The lowest BCUT2D eigenvalue weighted by atomic mass is 9.99. The highest BCUT2D eigenvalue weighted by Gasteiger charge is 2.41. The van der Waals surface area contributed by atoms with Gasteiger partial charge in [0, 0.05) is 6.54 Å². The standard InChI is InChI=1S/C14H19FN2O2S/c15-11-5-6-13(16)14(7-11)20(18,19)17-8-12(9-1-2-9)10-3-4-10/h5-7,9-10,12,17H,1-4,8,16H2. The van der Waals surface area contributed by atoms with Gasteiger partial charge in [0.1, 0.15) is 10.7 Å². The minimum absolute atomic E-state index is 0.0771. The number of hydrogen-bond donors (Lipinski definition) is 2. The number of benzene rings is 1. The minimum atomic E-state index is -3.73.